The largest absolute Gasteiger partial charge is 0.508 e. The van der Waals surface area contributed by atoms with Crippen LogP contribution in [0.25, 0.3) is 0 Å². The topological polar surface area (TPSA) is 47.0 Å². The van der Waals surface area contributed by atoms with Crippen molar-refractivity contribution in [3.8, 4) is 5.75 Å². The molecule has 5 heteroatoms. The highest BCUT2D eigenvalue weighted by atomic mass is 16.3. The van der Waals surface area contributed by atoms with Gasteiger partial charge in [-0.05, 0) is 49.2 Å². The summed E-state index contributed by atoms with van der Waals surface area (Å²) >= 11 is 0. The molecule has 0 aliphatic carbocycles. The number of benzene rings is 2. The third-order valence-electron chi connectivity index (χ3n) is 5.90. The predicted octanol–water partition coefficient (Wildman–Crippen LogP) is 3.76. The molecule has 0 saturated carbocycles. The lowest BCUT2D eigenvalue weighted by molar-refractivity contribution is 0.0306. The molecule has 1 aliphatic rings. The van der Waals surface area contributed by atoms with Crippen LogP contribution >= 0.6 is 0 Å². The van der Waals surface area contributed by atoms with E-state index in [4.69, 9.17) is 0 Å². The van der Waals surface area contributed by atoms with Crippen molar-refractivity contribution in [3.63, 3.8) is 0 Å². The van der Waals surface area contributed by atoms with E-state index in [-0.39, 0.29) is 17.7 Å². The fourth-order valence-corrected chi connectivity index (χ4v) is 4.38. The van der Waals surface area contributed by atoms with Crippen LogP contribution in [0.15, 0.2) is 61.2 Å². The fraction of sp³-hybridized carbons (Fsp3) is 0.400. The van der Waals surface area contributed by atoms with Crippen LogP contribution in [-0.2, 0) is 0 Å². The molecule has 0 aromatic heterocycles. The average molecular weight is 408 g/mol. The summed E-state index contributed by atoms with van der Waals surface area (Å²) in [5, 5.41) is 10.2. The van der Waals surface area contributed by atoms with Crippen molar-refractivity contribution < 1.29 is 9.90 Å². The zero-order chi connectivity index (χ0) is 21.8. The maximum absolute atomic E-state index is 12.6. The van der Waals surface area contributed by atoms with Crippen molar-refractivity contribution in [2.75, 3.05) is 33.7 Å². The third-order valence-corrected chi connectivity index (χ3v) is 5.90. The van der Waals surface area contributed by atoms with E-state index in [1.807, 2.05) is 36.4 Å². The number of nitrogens with zero attached hydrogens (tertiary/aromatic N) is 3. The molecule has 1 amide bonds. The van der Waals surface area contributed by atoms with E-state index in [2.05, 4.69) is 42.4 Å². The Labute approximate surface area is 180 Å². The monoisotopic (exact) mass is 407 g/mol. The number of hydrogen-bond donors (Lipinski definition) is 1. The number of aromatic hydroxyl groups is 1. The first kappa shape index (κ1) is 22.1. The minimum absolute atomic E-state index is 0.0104. The molecule has 1 saturated heterocycles. The van der Waals surface area contributed by atoms with E-state index < -0.39 is 0 Å². The average Bonchev–Trinajstić information content (AvgIpc) is 2.71. The summed E-state index contributed by atoms with van der Waals surface area (Å²) in [7, 11) is 3.54. The first-order valence-electron chi connectivity index (χ1n) is 10.5. The number of amides is 1. The quantitative estimate of drug-likeness (QED) is 0.741. The molecule has 2 aromatic carbocycles. The maximum Gasteiger partial charge on any atom is 0.253 e. The molecule has 3 unspecified atom stereocenters. The van der Waals surface area contributed by atoms with Crippen molar-refractivity contribution in [3.05, 3.63) is 77.9 Å². The Bertz CT molecular complexity index is 895. The van der Waals surface area contributed by atoms with Gasteiger partial charge in [0.2, 0.25) is 0 Å². The lowest BCUT2D eigenvalue weighted by atomic mass is 9.92. The van der Waals surface area contributed by atoms with Crippen LogP contribution in [-0.4, -0.2) is 71.5 Å². The highest BCUT2D eigenvalue weighted by Crippen LogP contribution is 2.35. The van der Waals surface area contributed by atoms with Gasteiger partial charge in [0.15, 0.2) is 0 Å². The van der Waals surface area contributed by atoms with Gasteiger partial charge in [-0.1, -0.05) is 30.3 Å². The Morgan fingerprint density at radius 2 is 1.80 bits per heavy atom. The molecule has 5 nitrogen and oxygen atoms in total. The highest BCUT2D eigenvalue weighted by molar-refractivity contribution is 5.94. The normalized spacial score (nSPS) is 21.2. The van der Waals surface area contributed by atoms with Crippen LogP contribution in [0.4, 0.5) is 0 Å². The third kappa shape index (κ3) is 4.74. The van der Waals surface area contributed by atoms with Gasteiger partial charge in [0.05, 0.1) is 6.04 Å². The molecule has 1 fully saturated rings. The fourth-order valence-electron chi connectivity index (χ4n) is 4.38. The molecule has 3 atom stereocenters. The summed E-state index contributed by atoms with van der Waals surface area (Å²) < 4.78 is 0. The summed E-state index contributed by atoms with van der Waals surface area (Å²) in [6, 6.07) is 16.0. The van der Waals surface area contributed by atoms with Gasteiger partial charge >= 0.3 is 0 Å². The summed E-state index contributed by atoms with van der Waals surface area (Å²) in [4.78, 5) is 19.1. The van der Waals surface area contributed by atoms with Gasteiger partial charge in [-0.15, -0.1) is 6.58 Å². The second-order valence-corrected chi connectivity index (χ2v) is 8.46. The van der Waals surface area contributed by atoms with Gasteiger partial charge in [0.1, 0.15) is 5.75 Å². The van der Waals surface area contributed by atoms with Crippen molar-refractivity contribution >= 4 is 5.91 Å². The molecule has 0 spiro atoms. The van der Waals surface area contributed by atoms with Crippen molar-refractivity contribution in [2.45, 2.75) is 32.0 Å². The number of carbonyl (C=O) groups excluding carboxylic acids is 1. The van der Waals surface area contributed by atoms with Gasteiger partial charge in [0, 0.05) is 51.4 Å². The molecule has 2 aromatic rings. The van der Waals surface area contributed by atoms with Crippen molar-refractivity contribution in [2.24, 2.45) is 0 Å². The first-order chi connectivity index (χ1) is 14.3. The van der Waals surface area contributed by atoms with Gasteiger partial charge in [-0.25, -0.2) is 0 Å². The summed E-state index contributed by atoms with van der Waals surface area (Å²) in [5.74, 6) is 0.243. The molecule has 1 aliphatic heterocycles. The molecule has 0 bridgehead atoms. The molecule has 1 N–H and O–H groups in total. The van der Waals surface area contributed by atoms with E-state index in [0.717, 1.165) is 30.8 Å². The van der Waals surface area contributed by atoms with Crippen LogP contribution in [0.3, 0.4) is 0 Å². The summed E-state index contributed by atoms with van der Waals surface area (Å²) in [5.41, 5.74) is 2.76. The first-order valence-corrected chi connectivity index (χ1v) is 10.5. The minimum atomic E-state index is -0.0460. The van der Waals surface area contributed by atoms with Crippen molar-refractivity contribution in [1.82, 2.24) is 14.7 Å². The van der Waals surface area contributed by atoms with Gasteiger partial charge in [0.25, 0.3) is 5.91 Å². The van der Waals surface area contributed by atoms with Gasteiger partial charge < -0.3 is 10.0 Å². The molecule has 1 heterocycles. The van der Waals surface area contributed by atoms with Crippen LogP contribution in [0.2, 0.25) is 0 Å². The Morgan fingerprint density at radius 1 is 1.13 bits per heavy atom. The second kappa shape index (κ2) is 9.45. The zero-order valence-electron chi connectivity index (χ0n) is 18.5. The summed E-state index contributed by atoms with van der Waals surface area (Å²) in [6.07, 6.45) is 1.96. The molecular formula is C25H33N3O2. The van der Waals surface area contributed by atoms with E-state index in [9.17, 15) is 9.90 Å². The Kier molecular flexibility index (Phi) is 6.95. The van der Waals surface area contributed by atoms with Crippen LogP contribution in [0.1, 0.15) is 41.4 Å². The van der Waals surface area contributed by atoms with E-state index in [1.54, 1.807) is 25.1 Å². The molecule has 160 valence electrons. The zero-order valence-corrected chi connectivity index (χ0v) is 18.5. The van der Waals surface area contributed by atoms with E-state index in [0.29, 0.717) is 17.6 Å². The number of hydrogen-bond acceptors (Lipinski definition) is 4. The predicted molar refractivity (Wildman–Crippen MR) is 122 cm³/mol. The molecular weight excluding hydrogens is 374 g/mol. The Hall–Kier alpha value is -2.63. The lowest BCUT2D eigenvalue weighted by Crippen LogP contribution is -2.57. The van der Waals surface area contributed by atoms with E-state index in [1.165, 1.54) is 0 Å². The SMILES string of the molecule is C=CCN1CC(C)N(C(c2cccc(O)c2)c2cccc(C(=O)N(C)C)c2)CC1C. The van der Waals surface area contributed by atoms with E-state index >= 15 is 0 Å². The van der Waals surface area contributed by atoms with Gasteiger partial charge in [-0.2, -0.15) is 0 Å². The Morgan fingerprint density at radius 3 is 2.43 bits per heavy atom. The standard InChI is InChI=1S/C25H33N3O2/c1-6-13-27-16-19(3)28(17-18(27)2)24(21-10-8-12-23(29)15-21)20-9-7-11-22(14-20)25(30)26(4)5/h6-12,14-15,18-19,24,29H,1,13,16-17H2,2-5H3. The summed E-state index contributed by atoms with van der Waals surface area (Å²) in [6.45, 7) is 11.1. The van der Waals surface area contributed by atoms with Crippen molar-refractivity contribution in [1.29, 1.82) is 0 Å². The molecule has 3 rings (SSSR count). The second-order valence-electron chi connectivity index (χ2n) is 8.46. The van der Waals surface area contributed by atoms with Crippen LogP contribution in [0.5, 0.6) is 5.75 Å². The number of phenolic OH excluding ortho intramolecular Hbond substituents is 1. The molecule has 0 radical (unpaired) electrons. The smallest absolute Gasteiger partial charge is 0.253 e. The lowest BCUT2D eigenvalue weighted by Gasteiger charge is -2.47. The number of carbonyl (C=O) groups is 1. The minimum Gasteiger partial charge on any atom is -0.508 e. The highest BCUT2D eigenvalue weighted by Gasteiger charge is 2.34. The number of rotatable bonds is 6. The van der Waals surface area contributed by atoms with Crippen LogP contribution in [0, 0.1) is 0 Å². The Balaban J connectivity index is 2.04. The number of piperazine rings is 1. The maximum atomic E-state index is 12.6. The molecule has 30 heavy (non-hydrogen) atoms. The van der Waals surface area contributed by atoms with Gasteiger partial charge in [-0.3, -0.25) is 14.6 Å². The number of phenols is 1. The van der Waals surface area contributed by atoms with Crippen LogP contribution < -0.4 is 0 Å².